The zero-order valence-electron chi connectivity index (χ0n) is 15.3. The number of sulfone groups is 1. The Kier molecular flexibility index (Phi) is 5.33. The van der Waals surface area contributed by atoms with Gasteiger partial charge in [-0.25, -0.2) is 8.42 Å². The molecule has 27 heavy (non-hydrogen) atoms. The molecule has 1 aromatic heterocycles. The zero-order valence-corrected chi connectivity index (χ0v) is 16.2. The van der Waals surface area contributed by atoms with Gasteiger partial charge in [0.05, 0.1) is 41.3 Å². The number of carbonyl (C=O) groups excluding carboxylic acids is 1. The molecule has 0 saturated carbocycles. The molecule has 8 heteroatoms. The lowest BCUT2D eigenvalue weighted by molar-refractivity contribution is 0.102. The van der Waals surface area contributed by atoms with E-state index in [1.807, 2.05) is 13.8 Å². The van der Waals surface area contributed by atoms with Crippen molar-refractivity contribution in [1.82, 2.24) is 9.78 Å². The number of nitrogens with one attached hydrogen (secondary N) is 1. The third-order valence-corrected chi connectivity index (χ3v) is 6.38. The van der Waals surface area contributed by atoms with Crippen molar-refractivity contribution < 1.29 is 13.2 Å². The van der Waals surface area contributed by atoms with Crippen molar-refractivity contribution in [3.8, 4) is 6.07 Å². The molecule has 1 saturated heterocycles. The largest absolute Gasteiger partial charge is 0.322 e. The second-order valence-electron chi connectivity index (χ2n) is 7.11. The molecule has 0 radical (unpaired) electrons. The quantitative estimate of drug-likeness (QED) is 0.850. The molecule has 0 spiro atoms. The molecule has 1 aliphatic heterocycles. The van der Waals surface area contributed by atoms with Crippen LogP contribution in [0.1, 0.15) is 53.8 Å². The Labute approximate surface area is 158 Å². The lowest BCUT2D eigenvalue weighted by Crippen LogP contribution is -2.14. The van der Waals surface area contributed by atoms with Crippen LogP contribution in [0.15, 0.2) is 30.5 Å². The molecule has 0 bridgehead atoms. The van der Waals surface area contributed by atoms with E-state index in [2.05, 4.69) is 16.5 Å². The number of nitriles is 1. The van der Waals surface area contributed by atoms with E-state index in [9.17, 15) is 13.2 Å². The Hall–Kier alpha value is -2.66. The maximum Gasteiger partial charge on any atom is 0.259 e. The summed E-state index contributed by atoms with van der Waals surface area (Å²) in [7, 11) is -3.03. The first-order valence-electron chi connectivity index (χ1n) is 8.86. The predicted octanol–water partition coefficient (Wildman–Crippen LogP) is 2.68. The van der Waals surface area contributed by atoms with Crippen LogP contribution in [0.25, 0.3) is 0 Å². The van der Waals surface area contributed by atoms with Gasteiger partial charge in [0.25, 0.3) is 5.91 Å². The van der Waals surface area contributed by atoms with Crippen LogP contribution in [0.5, 0.6) is 0 Å². The summed E-state index contributed by atoms with van der Waals surface area (Å²) in [5, 5.41) is 16.1. The molecule has 1 N–H and O–H groups in total. The lowest BCUT2D eigenvalue weighted by atomic mass is 10.1. The fourth-order valence-corrected chi connectivity index (χ4v) is 4.88. The minimum atomic E-state index is -3.03. The lowest BCUT2D eigenvalue weighted by Gasteiger charge is -2.07. The van der Waals surface area contributed by atoms with Crippen LogP contribution in [-0.4, -0.2) is 35.6 Å². The molecule has 1 amide bonds. The van der Waals surface area contributed by atoms with Crippen LogP contribution in [0.2, 0.25) is 0 Å². The average molecular weight is 386 g/mol. The summed E-state index contributed by atoms with van der Waals surface area (Å²) in [6, 6.07) is 8.98. The Balaban J connectivity index is 1.82. The van der Waals surface area contributed by atoms with Crippen molar-refractivity contribution in [1.29, 1.82) is 5.26 Å². The Morgan fingerprint density at radius 1 is 1.37 bits per heavy atom. The van der Waals surface area contributed by atoms with Crippen LogP contribution < -0.4 is 5.32 Å². The molecular formula is C19H22N4O3S. The number of hydrogen-bond donors (Lipinski definition) is 1. The Bertz CT molecular complexity index is 985. The van der Waals surface area contributed by atoms with Crippen molar-refractivity contribution in [2.45, 2.75) is 38.6 Å². The minimum absolute atomic E-state index is 0.0306. The highest BCUT2D eigenvalue weighted by atomic mass is 32.2. The van der Waals surface area contributed by atoms with E-state index in [1.54, 1.807) is 35.1 Å². The second kappa shape index (κ2) is 7.53. The molecule has 3 rings (SSSR count). The van der Waals surface area contributed by atoms with Crippen LogP contribution >= 0.6 is 0 Å². The van der Waals surface area contributed by atoms with E-state index in [0.29, 0.717) is 29.8 Å². The summed E-state index contributed by atoms with van der Waals surface area (Å²) in [6.07, 6.45) is 2.49. The van der Waals surface area contributed by atoms with Gasteiger partial charge in [-0.1, -0.05) is 26.0 Å². The highest BCUT2D eigenvalue weighted by molar-refractivity contribution is 7.91. The number of anilines is 1. The summed E-state index contributed by atoms with van der Waals surface area (Å²) >= 11 is 0. The Morgan fingerprint density at radius 3 is 2.63 bits per heavy atom. The highest BCUT2D eigenvalue weighted by Gasteiger charge is 2.31. The fourth-order valence-electron chi connectivity index (χ4n) is 3.17. The third kappa shape index (κ3) is 4.37. The van der Waals surface area contributed by atoms with E-state index >= 15 is 0 Å². The third-order valence-electron chi connectivity index (χ3n) is 4.63. The van der Waals surface area contributed by atoms with Gasteiger partial charge in [0.2, 0.25) is 0 Å². The summed E-state index contributed by atoms with van der Waals surface area (Å²) in [4.78, 5) is 12.8. The predicted molar refractivity (Wildman–Crippen MR) is 102 cm³/mol. The first-order valence-corrected chi connectivity index (χ1v) is 10.7. The van der Waals surface area contributed by atoms with Crippen molar-refractivity contribution in [2.24, 2.45) is 0 Å². The number of rotatable bonds is 5. The van der Waals surface area contributed by atoms with Crippen molar-refractivity contribution in [3.05, 3.63) is 47.3 Å². The second-order valence-corrected chi connectivity index (χ2v) is 9.33. The minimum Gasteiger partial charge on any atom is -0.322 e. The van der Waals surface area contributed by atoms with Crippen LogP contribution in [0.3, 0.4) is 0 Å². The van der Waals surface area contributed by atoms with E-state index in [0.717, 1.165) is 5.56 Å². The molecule has 1 fully saturated rings. The number of aromatic nitrogens is 2. The molecule has 1 aromatic carbocycles. The van der Waals surface area contributed by atoms with Gasteiger partial charge in [-0.05, 0) is 30.0 Å². The molecule has 1 aliphatic rings. The monoisotopic (exact) mass is 386 g/mol. The molecule has 0 unspecified atom stereocenters. The number of nitrogens with zero attached hydrogens (tertiary/aromatic N) is 3. The van der Waals surface area contributed by atoms with Gasteiger partial charge in [-0.3, -0.25) is 9.48 Å². The molecule has 1 atom stereocenters. The van der Waals surface area contributed by atoms with Gasteiger partial charge in [0.1, 0.15) is 0 Å². The van der Waals surface area contributed by atoms with Gasteiger partial charge in [-0.15, -0.1) is 0 Å². The number of hydrogen-bond acceptors (Lipinski definition) is 5. The first kappa shape index (κ1) is 19.1. The van der Waals surface area contributed by atoms with Crippen molar-refractivity contribution in [3.63, 3.8) is 0 Å². The van der Waals surface area contributed by atoms with E-state index in [1.165, 1.54) is 0 Å². The van der Waals surface area contributed by atoms with Crippen LogP contribution in [0, 0.1) is 11.3 Å². The number of amides is 1. The molecule has 142 valence electrons. The van der Waals surface area contributed by atoms with E-state index in [4.69, 9.17) is 5.26 Å². The number of carbonyl (C=O) groups is 1. The van der Waals surface area contributed by atoms with Gasteiger partial charge in [0, 0.05) is 11.9 Å². The highest BCUT2D eigenvalue weighted by Crippen LogP contribution is 2.27. The van der Waals surface area contributed by atoms with Gasteiger partial charge in [0.15, 0.2) is 9.84 Å². The van der Waals surface area contributed by atoms with Gasteiger partial charge in [-0.2, -0.15) is 10.4 Å². The topological polar surface area (TPSA) is 105 Å². The maximum absolute atomic E-state index is 12.8. The summed E-state index contributed by atoms with van der Waals surface area (Å²) in [5.74, 6) is -0.0273. The first-order chi connectivity index (χ1) is 12.8. The fraction of sp³-hybridized carbons (Fsp3) is 0.421. The van der Waals surface area contributed by atoms with Crippen molar-refractivity contribution >= 4 is 21.4 Å². The van der Waals surface area contributed by atoms with Crippen LogP contribution in [-0.2, 0) is 16.3 Å². The van der Waals surface area contributed by atoms with Crippen molar-refractivity contribution in [2.75, 3.05) is 16.8 Å². The molecule has 2 aromatic rings. The standard InChI is InChI=1S/C19H22N4O3S/c1-13(2)18-17(11-23(22-18)16-8-10-27(25,26)12-16)19(24)21-15-5-3-14(4-6-15)7-9-20/h3-6,11,13,16H,7-8,10,12H2,1-2H3,(H,21,24)/t16-/m1/s1. The average Bonchev–Trinajstić information content (AvgIpc) is 3.20. The smallest absolute Gasteiger partial charge is 0.259 e. The molecule has 2 heterocycles. The molecular weight excluding hydrogens is 364 g/mol. The summed E-state index contributed by atoms with van der Waals surface area (Å²) in [5.41, 5.74) is 2.62. The zero-order chi connectivity index (χ0) is 19.6. The van der Waals surface area contributed by atoms with Gasteiger partial charge >= 0.3 is 0 Å². The van der Waals surface area contributed by atoms with Crippen LogP contribution in [0.4, 0.5) is 5.69 Å². The molecule has 7 nitrogen and oxygen atoms in total. The maximum atomic E-state index is 12.8. The number of benzene rings is 1. The van der Waals surface area contributed by atoms with E-state index in [-0.39, 0.29) is 29.4 Å². The Morgan fingerprint density at radius 2 is 2.07 bits per heavy atom. The summed E-state index contributed by atoms with van der Waals surface area (Å²) < 4.78 is 25.1. The molecule has 0 aliphatic carbocycles. The van der Waals surface area contributed by atoms with Gasteiger partial charge < -0.3 is 5.32 Å². The van der Waals surface area contributed by atoms with E-state index < -0.39 is 9.84 Å². The SMILES string of the molecule is CC(C)c1nn([C@@H]2CCS(=O)(=O)C2)cc1C(=O)Nc1ccc(CC#N)cc1. The summed E-state index contributed by atoms with van der Waals surface area (Å²) in [6.45, 7) is 3.90. The normalized spacial score (nSPS) is 18.4.